The van der Waals surface area contributed by atoms with E-state index in [9.17, 15) is 5.11 Å². The number of ether oxygens (including phenoxy) is 1. The maximum absolute atomic E-state index is 9.41. The highest BCUT2D eigenvalue weighted by molar-refractivity contribution is 5.31. The molecule has 0 spiro atoms. The lowest BCUT2D eigenvalue weighted by Crippen LogP contribution is -2.06. The molecule has 0 fully saturated rings. The van der Waals surface area contributed by atoms with E-state index in [0.29, 0.717) is 12.5 Å². The van der Waals surface area contributed by atoms with Crippen LogP contribution in [0.5, 0.6) is 11.5 Å². The maximum atomic E-state index is 9.41. The summed E-state index contributed by atoms with van der Waals surface area (Å²) in [5.41, 5.74) is 1.38. The van der Waals surface area contributed by atoms with Gasteiger partial charge >= 0.3 is 0 Å². The summed E-state index contributed by atoms with van der Waals surface area (Å²) in [5, 5.41) is 9.41. The van der Waals surface area contributed by atoms with Gasteiger partial charge in [-0.3, -0.25) is 0 Å². The highest BCUT2D eigenvalue weighted by Crippen LogP contribution is 2.21. The van der Waals surface area contributed by atoms with Crippen molar-refractivity contribution >= 4 is 0 Å². The van der Waals surface area contributed by atoms with Gasteiger partial charge in [-0.1, -0.05) is 29.9 Å². The van der Waals surface area contributed by atoms with Crippen LogP contribution in [0.25, 0.3) is 0 Å². The third kappa shape index (κ3) is 7.72. The molecule has 2 nitrogen and oxygen atoms in total. The van der Waals surface area contributed by atoms with E-state index in [1.807, 2.05) is 18.2 Å². The zero-order valence-electron chi connectivity index (χ0n) is 13.6. The van der Waals surface area contributed by atoms with Gasteiger partial charge in [0.2, 0.25) is 0 Å². The lowest BCUT2D eigenvalue weighted by atomic mass is 9.95. The number of benzene rings is 1. The van der Waals surface area contributed by atoms with E-state index < -0.39 is 0 Å². The molecule has 1 aromatic rings. The number of rotatable bonds is 11. The smallest absolute Gasteiger partial charge is 0.122 e. The van der Waals surface area contributed by atoms with Gasteiger partial charge in [-0.05, 0) is 57.1 Å². The molecule has 0 aromatic heterocycles. The van der Waals surface area contributed by atoms with E-state index >= 15 is 0 Å². The first-order valence-electron chi connectivity index (χ1n) is 7.95. The fourth-order valence-electron chi connectivity index (χ4n) is 2.41. The van der Waals surface area contributed by atoms with E-state index in [1.165, 1.54) is 5.57 Å². The first kappa shape index (κ1) is 18.1. The fourth-order valence-corrected chi connectivity index (χ4v) is 2.41. The number of hydrogen-bond acceptors (Lipinski definition) is 2. The first-order valence-corrected chi connectivity index (χ1v) is 7.95. The predicted octanol–water partition coefficient (Wildman–Crippen LogP) is 5.66. The van der Waals surface area contributed by atoms with E-state index in [-0.39, 0.29) is 5.75 Å². The quantitative estimate of drug-likeness (QED) is 0.535. The molecule has 1 atom stereocenters. The molecule has 0 heterocycles. The molecule has 0 aliphatic rings. The summed E-state index contributed by atoms with van der Waals surface area (Å²) in [6.07, 6.45) is 11.4. The Morgan fingerprint density at radius 1 is 1.27 bits per heavy atom. The molecular weight excluding hydrogens is 272 g/mol. The van der Waals surface area contributed by atoms with E-state index in [0.717, 1.165) is 37.9 Å². The van der Waals surface area contributed by atoms with Crippen molar-refractivity contribution in [3.8, 4) is 11.5 Å². The molecule has 1 N–H and O–H groups in total. The van der Waals surface area contributed by atoms with Crippen molar-refractivity contribution in [3.63, 3.8) is 0 Å². The number of hydrogen-bond donors (Lipinski definition) is 1. The Kier molecular flexibility index (Phi) is 8.82. The van der Waals surface area contributed by atoms with Crippen LogP contribution in [0.3, 0.4) is 0 Å². The van der Waals surface area contributed by atoms with Crippen LogP contribution in [0.15, 0.2) is 61.2 Å². The van der Waals surface area contributed by atoms with Crippen molar-refractivity contribution in [2.75, 3.05) is 6.61 Å². The lowest BCUT2D eigenvalue weighted by molar-refractivity contribution is 0.272. The van der Waals surface area contributed by atoms with Crippen LogP contribution in [-0.4, -0.2) is 11.7 Å². The highest BCUT2D eigenvalue weighted by Gasteiger charge is 2.07. The van der Waals surface area contributed by atoms with Crippen molar-refractivity contribution in [3.05, 3.63) is 61.2 Å². The van der Waals surface area contributed by atoms with Crippen LogP contribution < -0.4 is 4.74 Å². The van der Waals surface area contributed by atoms with E-state index in [4.69, 9.17) is 4.74 Å². The van der Waals surface area contributed by atoms with Crippen LogP contribution >= 0.6 is 0 Å². The second kappa shape index (κ2) is 10.7. The van der Waals surface area contributed by atoms with Gasteiger partial charge in [0.05, 0.1) is 6.61 Å². The molecule has 0 radical (unpaired) electrons. The molecule has 0 saturated carbocycles. The van der Waals surface area contributed by atoms with Crippen molar-refractivity contribution in [2.45, 2.75) is 39.0 Å². The van der Waals surface area contributed by atoms with Gasteiger partial charge in [-0.15, -0.1) is 13.2 Å². The Hall–Kier alpha value is -1.96. The van der Waals surface area contributed by atoms with Gasteiger partial charge < -0.3 is 9.84 Å². The van der Waals surface area contributed by atoms with Crippen molar-refractivity contribution in [1.29, 1.82) is 0 Å². The second-order valence-electron chi connectivity index (χ2n) is 5.65. The van der Waals surface area contributed by atoms with Crippen LogP contribution in [0.4, 0.5) is 0 Å². The minimum absolute atomic E-state index is 0.239. The Bertz CT molecular complexity index is 488. The molecule has 2 heteroatoms. The van der Waals surface area contributed by atoms with Gasteiger partial charge in [0, 0.05) is 6.07 Å². The molecule has 0 saturated heterocycles. The molecule has 22 heavy (non-hydrogen) atoms. The molecule has 120 valence electrons. The normalized spacial score (nSPS) is 12.7. The average molecular weight is 300 g/mol. The summed E-state index contributed by atoms with van der Waals surface area (Å²) >= 11 is 0. The second-order valence-corrected chi connectivity index (χ2v) is 5.65. The number of allylic oxidation sites excluding steroid dienone is 4. The first-order chi connectivity index (χ1) is 10.7. The molecule has 0 bridgehead atoms. The van der Waals surface area contributed by atoms with Crippen molar-refractivity contribution < 1.29 is 9.84 Å². The standard InChI is InChI=1S/C20H28O2/c1-4-8-17(3)10-6-11-18(9-5-2)14-15-22-20-13-7-12-19(21)16-20/h4-5,7,10,12-13,16,18,21H,1-2,6,8-9,11,14-15H2,3H3. The van der Waals surface area contributed by atoms with Gasteiger partial charge in [0.15, 0.2) is 0 Å². The van der Waals surface area contributed by atoms with E-state index in [1.54, 1.807) is 18.2 Å². The molecule has 0 aliphatic heterocycles. The predicted molar refractivity (Wildman–Crippen MR) is 94.3 cm³/mol. The summed E-state index contributed by atoms with van der Waals surface area (Å²) in [5.74, 6) is 1.55. The molecule has 0 aliphatic carbocycles. The van der Waals surface area contributed by atoms with Crippen LogP contribution in [0.2, 0.25) is 0 Å². The Morgan fingerprint density at radius 3 is 2.77 bits per heavy atom. The number of aromatic hydroxyl groups is 1. The largest absolute Gasteiger partial charge is 0.508 e. The monoisotopic (exact) mass is 300 g/mol. The number of phenols is 1. The van der Waals surface area contributed by atoms with Gasteiger partial charge in [-0.2, -0.15) is 0 Å². The summed E-state index contributed by atoms with van der Waals surface area (Å²) in [6, 6.07) is 6.94. The highest BCUT2D eigenvalue weighted by atomic mass is 16.5. The minimum atomic E-state index is 0.239. The Labute approximate surface area is 134 Å². The van der Waals surface area contributed by atoms with Crippen LogP contribution in [0.1, 0.15) is 39.0 Å². The fraction of sp³-hybridized carbons (Fsp3) is 0.400. The Balaban J connectivity index is 2.35. The molecule has 1 aromatic carbocycles. The minimum Gasteiger partial charge on any atom is -0.508 e. The molecule has 1 rings (SSSR count). The van der Waals surface area contributed by atoms with Gasteiger partial charge in [-0.25, -0.2) is 0 Å². The summed E-state index contributed by atoms with van der Waals surface area (Å²) in [7, 11) is 0. The third-order valence-electron chi connectivity index (χ3n) is 3.65. The summed E-state index contributed by atoms with van der Waals surface area (Å²) < 4.78 is 5.71. The van der Waals surface area contributed by atoms with Crippen molar-refractivity contribution in [1.82, 2.24) is 0 Å². The summed E-state index contributed by atoms with van der Waals surface area (Å²) in [6.45, 7) is 10.4. The SMILES string of the molecule is C=CCC(C)=CCCC(CC=C)CCOc1cccc(O)c1. The lowest BCUT2D eigenvalue weighted by Gasteiger charge is -2.15. The molecule has 0 amide bonds. The molecular formula is C20H28O2. The average Bonchev–Trinajstić information content (AvgIpc) is 2.47. The topological polar surface area (TPSA) is 29.5 Å². The van der Waals surface area contributed by atoms with Crippen LogP contribution in [-0.2, 0) is 0 Å². The summed E-state index contributed by atoms with van der Waals surface area (Å²) in [4.78, 5) is 0. The van der Waals surface area contributed by atoms with Crippen molar-refractivity contribution in [2.24, 2.45) is 5.92 Å². The van der Waals surface area contributed by atoms with E-state index in [2.05, 4.69) is 26.2 Å². The zero-order valence-corrected chi connectivity index (χ0v) is 13.6. The van der Waals surface area contributed by atoms with Crippen LogP contribution in [0, 0.1) is 5.92 Å². The van der Waals surface area contributed by atoms with Gasteiger partial charge in [0.1, 0.15) is 11.5 Å². The maximum Gasteiger partial charge on any atom is 0.122 e. The zero-order chi connectivity index (χ0) is 16.2. The third-order valence-corrected chi connectivity index (χ3v) is 3.65. The molecule has 1 unspecified atom stereocenters. The number of phenolic OH excluding ortho intramolecular Hbond substituents is 1. The Morgan fingerprint density at radius 2 is 2.09 bits per heavy atom. The van der Waals surface area contributed by atoms with Gasteiger partial charge in [0.25, 0.3) is 0 Å².